The van der Waals surface area contributed by atoms with Crippen LogP contribution in [0, 0.1) is 0 Å². The maximum atomic E-state index is 11.7. The van der Waals surface area contributed by atoms with E-state index in [2.05, 4.69) is 10.2 Å². The van der Waals surface area contributed by atoms with E-state index >= 15 is 0 Å². The predicted octanol–water partition coefficient (Wildman–Crippen LogP) is 1.38. The normalized spacial score (nSPS) is 10.9. The van der Waals surface area contributed by atoms with Crippen molar-refractivity contribution in [2.24, 2.45) is 0 Å². The second-order valence-corrected chi connectivity index (χ2v) is 4.34. The van der Waals surface area contributed by atoms with Crippen LogP contribution in [-0.2, 0) is 0 Å². The number of nitrogens with one attached hydrogen (secondary N) is 1. The van der Waals surface area contributed by atoms with E-state index in [0.29, 0.717) is 0 Å². The highest BCUT2D eigenvalue weighted by molar-refractivity contribution is 5.74. The first-order valence-corrected chi connectivity index (χ1v) is 5.67. The molecule has 0 aliphatic carbocycles. The van der Waals surface area contributed by atoms with Gasteiger partial charge in [0.15, 0.2) is 0 Å². The molecule has 0 atom stereocenters. The largest absolute Gasteiger partial charge is 0.336 e. The van der Waals surface area contributed by atoms with Crippen LogP contribution in [0.4, 0.5) is 4.79 Å². The average molecular weight is 215 g/mol. The summed E-state index contributed by atoms with van der Waals surface area (Å²) in [5, 5.41) is 2.91. The lowest BCUT2D eigenvalue weighted by Crippen LogP contribution is -2.43. The molecular weight excluding hydrogens is 190 g/mol. The molecule has 1 N–H and O–H groups in total. The molecule has 4 heteroatoms. The lowest BCUT2D eigenvalue weighted by molar-refractivity contribution is 0.195. The topological polar surface area (TPSA) is 35.6 Å². The van der Waals surface area contributed by atoms with Crippen molar-refractivity contribution in [2.45, 2.75) is 33.2 Å². The van der Waals surface area contributed by atoms with E-state index in [4.69, 9.17) is 0 Å². The van der Waals surface area contributed by atoms with Crippen LogP contribution in [0.3, 0.4) is 0 Å². The molecule has 2 amide bonds. The molecule has 90 valence electrons. The minimum Gasteiger partial charge on any atom is -0.336 e. The Morgan fingerprint density at radius 2 is 1.87 bits per heavy atom. The zero-order valence-electron chi connectivity index (χ0n) is 10.7. The van der Waals surface area contributed by atoms with Gasteiger partial charge >= 0.3 is 6.03 Å². The molecule has 0 rings (SSSR count). The second-order valence-electron chi connectivity index (χ2n) is 4.34. The van der Waals surface area contributed by atoms with Gasteiger partial charge in [-0.1, -0.05) is 0 Å². The van der Waals surface area contributed by atoms with E-state index < -0.39 is 0 Å². The SMILES string of the molecule is CCN(CCCN(C)C)C(=O)NC(C)C. The number of nitrogens with zero attached hydrogens (tertiary/aromatic N) is 2. The van der Waals surface area contributed by atoms with E-state index in [1.807, 2.05) is 39.8 Å². The molecule has 0 aromatic rings. The minimum absolute atomic E-state index is 0.0475. The number of hydrogen-bond donors (Lipinski definition) is 1. The van der Waals surface area contributed by atoms with Gasteiger partial charge in [0.1, 0.15) is 0 Å². The van der Waals surface area contributed by atoms with E-state index in [9.17, 15) is 4.79 Å². The Balaban J connectivity index is 3.85. The molecule has 15 heavy (non-hydrogen) atoms. The smallest absolute Gasteiger partial charge is 0.317 e. The highest BCUT2D eigenvalue weighted by atomic mass is 16.2. The summed E-state index contributed by atoms with van der Waals surface area (Å²) in [6, 6.07) is 0.256. The van der Waals surface area contributed by atoms with Crippen LogP contribution in [0.5, 0.6) is 0 Å². The van der Waals surface area contributed by atoms with Gasteiger partial charge in [-0.2, -0.15) is 0 Å². The summed E-state index contributed by atoms with van der Waals surface area (Å²) in [5.41, 5.74) is 0. The maximum absolute atomic E-state index is 11.7. The first-order valence-electron chi connectivity index (χ1n) is 5.67. The van der Waals surface area contributed by atoms with E-state index in [1.165, 1.54) is 0 Å². The van der Waals surface area contributed by atoms with Gasteiger partial charge in [-0.3, -0.25) is 0 Å². The van der Waals surface area contributed by atoms with Crippen LogP contribution in [0.1, 0.15) is 27.2 Å². The van der Waals surface area contributed by atoms with Crippen molar-refractivity contribution in [1.29, 1.82) is 0 Å². The van der Waals surface area contributed by atoms with Crippen molar-refractivity contribution in [1.82, 2.24) is 15.1 Å². The first kappa shape index (κ1) is 14.2. The highest BCUT2D eigenvalue weighted by Crippen LogP contribution is 1.94. The van der Waals surface area contributed by atoms with Crippen LogP contribution < -0.4 is 5.32 Å². The van der Waals surface area contributed by atoms with Crippen LogP contribution >= 0.6 is 0 Å². The van der Waals surface area contributed by atoms with Crippen LogP contribution in [-0.4, -0.2) is 55.6 Å². The number of carbonyl (C=O) groups is 1. The Kier molecular flexibility index (Phi) is 7.13. The quantitative estimate of drug-likeness (QED) is 0.726. The van der Waals surface area contributed by atoms with Gasteiger partial charge in [0.05, 0.1) is 0 Å². The van der Waals surface area contributed by atoms with Gasteiger partial charge < -0.3 is 15.1 Å². The summed E-state index contributed by atoms with van der Waals surface area (Å²) >= 11 is 0. The molecule has 4 nitrogen and oxygen atoms in total. The molecule has 0 heterocycles. The summed E-state index contributed by atoms with van der Waals surface area (Å²) in [4.78, 5) is 15.6. The van der Waals surface area contributed by atoms with Gasteiger partial charge in [-0.15, -0.1) is 0 Å². The third-order valence-corrected chi connectivity index (χ3v) is 2.11. The third-order valence-electron chi connectivity index (χ3n) is 2.11. The fraction of sp³-hybridized carbons (Fsp3) is 0.909. The number of rotatable bonds is 6. The average Bonchev–Trinajstić information content (AvgIpc) is 2.10. The lowest BCUT2D eigenvalue weighted by atomic mass is 10.3. The number of amides is 2. The Labute approximate surface area is 93.6 Å². The molecular formula is C11H25N3O. The summed E-state index contributed by atoms with van der Waals surface area (Å²) in [6.45, 7) is 8.58. The monoisotopic (exact) mass is 215 g/mol. The van der Waals surface area contributed by atoms with Gasteiger partial charge in [-0.05, 0) is 47.8 Å². The Bertz CT molecular complexity index is 181. The summed E-state index contributed by atoms with van der Waals surface area (Å²) in [6.07, 6.45) is 1.02. The van der Waals surface area contributed by atoms with Gasteiger partial charge in [0.2, 0.25) is 0 Å². The summed E-state index contributed by atoms with van der Waals surface area (Å²) in [7, 11) is 4.09. The molecule has 0 aliphatic heterocycles. The lowest BCUT2D eigenvalue weighted by Gasteiger charge is -2.23. The van der Waals surface area contributed by atoms with Crippen molar-refractivity contribution >= 4 is 6.03 Å². The molecule has 0 aliphatic rings. The van der Waals surface area contributed by atoms with E-state index in [-0.39, 0.29) is 12.1 Å². The van der Waals surface area contributed by atoms with Gasteiger partial charge in [-0.25, -0.2) is 4.79 Å². The highest BCUT2D eigenvalue weighted by Gasteiger charge is 2.11. The molecule has 0 bridgehead atoms. The molecule has 0 aromatic carbocycles. The van der Waals surface area contributed by atoms with Crippen molar-refractivity contribution in [3.63, 3.8) is 0 Å². The Hall–Kier alpha value is -0.770. The maximum Gasteiger partial charge on any atom is 0.317 e. The third kappa shape index (κ3) is 7.19. The van der Waals surface area contributed by atoms with Gasteiger partial charge in [0, 0.05) is 19.1 Å². The Morgan fingerprint density at radius 1 is 1.27 bits per heavy atom. The van der Waals surface area contributed by atoms with Crippen molar-refractivity contribution in [3.05, 3.63) is 0 Å². The number of hydrogen-bond acceptors (Lipinski definition) is 2. The van der Waals surface area contributed by atoms with Crippen molar-refractivity contribution in [2.75, 3.05) is 33.7 Å². The molecule has 0 saturated heterocycles. The predicted molar refractivity (Wildman–Crippen MR) is 64.1 cm³/mol. The number of carbonyl (C=O) groups excluding carboxylic acids is 1. The van der Waals surface area contributed by atoms with E-state index in [0.717, 1.165) is 26.1 Å². The minimum atomic E-state index is 0.0475. The first-order chi connectivity index (χ1) is 6.97. The van der Waals surface area contributed by atoms with Crippen LogP contribution in [0.15, 0.2) is 0 Å². The standard InChI is InChI=1S/C11H25N3O/c1-6-14(9-7-8-13(4)5)11(15)12-10(2)3/h10H,6-9H2,1-5H3,(H,12,15). The molecule has 0 radical (unpaired) electrons. The van der Waals surface area contributed by atoms with Crippen molar-refractivity contribution < 1.29 is 4.79 Å². The van der Waals surface area contributed by atoms with Crippen molar-refractivity contribution in [3.8, 4) is 0 Å². The molecule has 0 spiro atoms. The zero-order chi connectivity index (χ0) is 11.8. The molecule has 0 unspecified atom stereocenters. The second kappa shape index (κ2) is 7.51. The van der Waals surface area contributed by atoms with E-state index in [1.54, 1.807) is 0 Å². The summed E-state index contributed by atoms with van der Waals surface area (Å²) in [5.74, 6) is 0. The Morgan fingerprint density at radius 3 is 2.27 bits per heavy atom. The van der Waals surface area contributed by atoms with Gasteiger partial charge in [0.25, 0.3) is 0 Å². The molecule has 0 saturated carbocycles. The van der Waals surface area contributed by atoms with Crippen LogP contribution in [0.2, 0.25) is 0 Å². The molecule has 0 aromatic heterocycles. The fourth-order valence-corrected chi connectivity index (χ4v) is 1.32. The summed E-state index contributed by atoms with van der Waals surface area (Å²) < 4.78 is 0. The number of urea groups is 1. The van der Waals surface area contributed by atoms with Crippen LogP contribution in [0.25, 0.3) is 0 Å². The zero-order valence-corrected chi connectivity index (χ0v) is 10.7. The molecule has 0 fully saturated rings. The fourth-order valence-electron chi connectivity index (χ4n) is 1.32.